The van der Waals surface area contributed by atoms with E-state index in [0.717, 1.165) is 27.9 Å². The number of ether oxygens (including phenoxy) is 2. The summed E-state index contributed by atoms with van der Waals surface area (Å²) in [6.07, 6.45) is 1.84. The zero-order valence-electron chi connectivity index (χ0n) is 13.3. The fourth-order valence-electron chi connectivity index (χ4n) is 1.79. The quantitative estimate of drug-likeness (QED) is 0.617. The summed E-state index contributed by atoms with van der Waals surface area (Å²) in [7, 11) is 0. The molecule has 6 heteroatoms. The molecule has 5 nitrogen and oxygen atoms in total. The summed E-state index contributed by atoms with van der Waals surface area (Å²) in [5.74, 6) is 1.47. The van der Waals surface area contributed by atoms with E-state index < -0.39 is 0 Å². The minimum atomic E-state index is 0.105. The van der Waals surface area contributed by atoms with Gasteiger partial charge in [-0.05, 0) is 51.5 Å². The van der Waals surface area contributed by atoms with Gasteiger partial charge < -0.3 is 9.47 Å². The SMILES string of the molecule is CCOc1cc(C=NNc2nc(C)cs2)ccc1OC(C)C. The first-order valence-corrected chi connectivity index (χ1v) is 8.11. The number of aryl methyl sites for hydroxylation is 1. The number of hydrogen-bond acceptors (Lipinski definition) is 6. The average Bonchev–Trinajstić information content (AvgIpc) is 2.87. The highest BCUT2D eigenvalue weighted by molar-refractivity contribution is 7.13. The first-order chi connectivity index (χ1) is 10.6. The topological polar surface area (TPSA) is 55.7 Å². The Bertz CT molecular complexity index is 638. The second-order valence-corrected chi connectivity index (χ2v) is 5.83. The van der Waals surface area contributed by atoms with E-state index in [1.807, 2.05) is 51.3 Å². The van der Waals surface area contributed by atoms with Crippen molar-refractivity contribution < 1.29 is 9.47 Å². The molecular formula is C16H21N3O2S. The van der Waals surface area contributed by atoms with Crippen LogP contribution in [-0.2, 0) is 0 Å². The maximum Gasteiger partial charge on any atom is 0.203 e. The lowest BCUT2D eigenvalue weighted by molar-refractivity contribution is 0.224. The third-order valence-electron chi connectivity index (χ3n) is 2.62. The minimum absolute atomic E-state index is 0.105. The van der Waals surface area contributed by atoms with Crippen molar-refractivity contribution in [2.75, 3.05) is 12.0 Å². The summed E-state index contributed by atoms with van der Waals surface area (Å²) in [6, 6.07) is 5.76. The Labute approximate surface area is 135 Å². The number of anilines is 1. The van der Waals surface area contributed by atoms with Gasteiger partial charge in [0.15, 0.2) is 11.5 Å². The second kappa shape index (κ2) is 7.79. The molecule has 1 heterocycles. The largest absolute Gasteiger partial charge is 0.490 e. The summed E-state index contributed by atoms with van der Waals surface area (Å²) >= 11 is 1.52. The number of benzene rings is 1. The van der Waals surface area contributed by atoms with Gasteiger partial charge in [-0.15, -0.1) is 11.3 Å². The third kappa shape index (κ3) is 4.73. The van der Waals surface area contributed by atoms with E-state index in [1.54, 1.807) is 6.21 Å². The summed E-state index contributed by atoms with van der Waals surface area (Å²) in [5, 5.41) is 6.95. The van der Waals surface area contributed by atoms with Gasteiger partial charge >= 0.3 is 0 Å². The van der Waals surface area contributed by atoms with Crippen LogP contribution in [0.25, 0.3) is 0 Å². The highest BCUT2D eigenvalue weighted by Gasteiger charge is 2.07. The molecule has 0 fully saturated rings. The van der Waals surface area contributed by atoms with Crippen molar-refractivity contribution in [3.8, 4) is 11.5 Å². The summed E-state index contributed by atoms with van der Waals surface area (Å²) in [6.45, 7) is 8.47. The molecule has 22 heavy (non-hydrogen) atoms. The summed E-state index contributed by atoms with van der Waals surface area (Å²) in [5.41, 5.74) is 4.83. The highest BCUT2D eigenvalue weighted by atomic mass is 32.1. The van der Waals surface area contributed by atoms with Gasteiger partial charge in [-0.3, -0.25) is 5.43 Å². The van der Waals surface area contributed by atoms with Crippen LogP contribution in [0.5, 0.6) is 11.5 Å². The van der Waals surface area contributed by atoms with Crippen LogP contribution in [0.2, 0.25) is 0 Å². The molecule has 2 rings (SSSR count). The fourth-order valence-corrected chi connectivity index (χ4v) is 2.43. The third-order valence-corrected chi connectivity index (χ3v) is 3.49. The van der Waals surface area contributed by atoms with Crippen LogP contribution in [0.3, 0.4) is 0 Å². The van der Waals surface area contributed by atoms with Gasteiger partial charge in [-0.2, -0.15) is 5.10 Å². The lowest BCUT2D eigenvalue weighted by atomic mass is 10.2. The number of thiazole rings is 1. The van der Waals surface area contributed by atoms with E-state index in [4.69, 9.17) is 9.47 Å². The predicted molar refractivity (Wildman–Crippen MR) is 91.4 cm³/mol. The molecule has 0 radical (unpaired) electrons. The Kier molecular flexibility index (Phi) is 5.77. The number of nitrogens with one attached hydrogen (secondary N) is 1. The van der Waals surface area contributed by atoms with Crippen LogP contribution in [-0.4, -0.2) is 23.9 Å². The Balaban J connectivity index is 2.08. The molecule has 0 saturated carbocycles. The van der Waals surface area contributed by atoms with Crippen LogP contribution in [0.4, 0.5) is 5.13 Å². The monoisotopic (exact) mass is 319 g/mol. The predicted octanol–water partition coefficient (Wildman–Crippen LogP) is 4.08. The van der Waals surface area contributed by atoms with E-state index in [9.17, 15) is 0 Å². The number of nitrogens with zero attached hydrogens (tertiary/aromatic N) is 2. The number of aromatic nitrogens is 1. The molecule has 0 saturated heterocycles. The zero-order valence-corrected chi connectivity index (χ0v) is 14.1. The van der Waals surface area contributed by atoms with Gasteiger partial charge in [-0.25, -0.2) is 4.98 Å². The molecular weight excluding hydrogens is 298 g/mol. The molecule has 118 valence electrons. The van der Waals surface area contributed by atoms with Crippen molar-refractivity contribution in [2.24, 2.45) is 5.10 Å². The smallest absolute Gasteiger partial charge is 0.203 e. The van der Waals surface area contributed by atoms with Crippen LogP contribution >= 0.6 is 11.3 Å². The molecule has 1 aromatic heterocycles. The van der Waals surface area contributed by atoms with E-state index in [0.29, 0.717) is 6.61 Å². The van der Waals surface area contributed by atoms with Crippen LogP contribution in [0, 0.1) is 6.92 Å². The first-order valence-electron chi connectivity index (χ1n) is 7.23. The number of hydrogen-bond donors (Lipinski definition) is 1. The maximum absolute atomic E-state index is 5.74. The van der Waals surface area contributed by atoms with Crippen molar-refractivity contribution in [3.05, 3.63) is 34.8 Å². The van der Waals surface area contributed by atoms with Crippen molar-refractivity contribution in [1.29, 1.82) is 0 Å². The van der Waals surface area contributed by atoms with Gasteiger partial charge in [0.2, 0.25) is 5.13 Å². The molecule has 1 aromatic carbocycles. The molecule has 0 aliphatic carbocycles. The van der Waals surface area contributed by atoms with Crippen molar-refractivity contribution in [1.82, 2.24) is 4.98 Å². The van der Waals surface area contributed by atoms with Gasteiger partial charge in [0.05, 0.1) is 24.6 Å². The fraction of sp³-hybridized carbons (Fsp3) is 0.375. The molecule has 0 spiro atoms. The lowest BCUT2D eigenvalue weighted by Crippen LogP contribution is -2.07. The van der Waals surface area contributed by atoms with Gasteiger partial charge in [0.1, 0.15) is 0 Å². The van der Waals surface area contributed by atoms with Gasteiger partial charge in [0.25, 0.3) is 0 Å². The van der Waals surface area contributed by atoms with E-state index in [-0.39, 0.29) is 6.10 Å². The molecule has 0 bridgehead atoms. The average molecular weight is 319 g/mol. The summed E-state index contributed by atoms with van der Waals surface area (Å²) < 4.78 is 11.4. The molecule has 0 aliphatic heterocycles. The van der Waals surface area contributed by atoms with Crippen molar-refractivity contribution in [3.63, 3.8) is 0 Å². The molecule has 0 unspecified atom stereocenters. The normalized spacial score (nSPS) is 11.1. The van der Waals surface area contributed by atoms with Crippen molar-refractivity contribution in [2.45, 2.75) is 33.8 Å². The number of rotatable bonds is 7. The molecule has 1 N–H and O–H groups in total. The van der Waals surface area contributed by atoms with E-state index in [1.165, 1.54) is 11.3 Å². The van der Waals surface area contributed by atoms with Crippen LogP contribution in [0.1, 0.15) is 32.0 Å². The molecule has 0 amide bonds. The minimum Gasteiger partial charge on any atom is -0.490 e. The van der Waals surface area contributed by atoms with Gasteiger partial charge in [0, 0.05) is 5.38 Å². The standard InChI is InChI=1S/C16H21N3O2S/c1-5-20-15-8-13(6-7-14(15)21-11(2)3)9-17-19-16-18-12(4)10-22-16/h6-11H,5H2,1-4H3,(H,18,19). The van der Waals surface area contributed by atoms with E-state index >= 15 is 0 Å². The van der Waals surface area contributed by atoms with E-state index in [2.05, 4.69) is 15.5 Å². The molecule has 2 aromatic rings. The molecule has 0 aliphatic rings. The Morgan fingerprint density at radius 3 is 2.82 bits per heavy atom. The Hall–Kier alpha value is -2.08. The Morgan fingerprint density at radius 1 is 1.36 bits per heavy atom. The zero-order chi connectivity index (χ0) is 15.9. The number of hydrazone groups is 1. The van der Waals surface area contributed by atoms with Gasteiger partial charge in [-0.1, -0.05) is 0 Å². The lowest BCUT2D eigenvalue weighted by Gasteiger charge is -2.14. The van der Waals surface area contributed by atoms with Crippen molar-refractivity contribution >= 4 is 22.7 Å². The second-order valence-electron chi connectivity index (χ2n) is 4.97. The van der Waals surface area contributed by atoms with Crippen LogP contribution < -0.4 is 14.9 Å². The Morgan fingerprint density at radius 2 is 2.18 bits per heavy atom. The highest BCUT2D eigenvalue weighted by Crippen LogP contribution is 2.29. The molecule has 0 atom stereocenters. The van der Waals surface area contributed by atoms with Crippen LogP contribution in [0.15, 0.2) is 28.7 Å². The summed E-state index contributed by atoms with van der Waals surface area (Å²) in [4.78, 5) is 4.28. The maximum atomic E-state index is 5.74. The first kappa shape index (κ1) is 16.3.